The first-order chi connectivity index (χ1) is 9.72. The number of para-hydroxylation sites is 1. The molecule has 0 saturated heterocycles. The Labute approximate surface area is 120 Å². The second-order valence-electron chi connectivity index (χ2n) is 4.55. The highest BCUT2D eigenvalue weighted by molar-refractivity contribution is 6.16. The van der Waals surface area contributed by atoms with Gasteiger partial charge < -0.3 is 4.42 Å². The minimum atomic E-state index is -0.247. The number of hydrogen-bond donors (Lipinski definition) is 0. The lowest BCUT2D eigenvalue weighted by atomic mass is 10.2. The Balaban J connectivity index is 2.28. The molecule has 0 saturated carbocycles. The molecule has 1 aromatic carbocycles. The second kappa shape index (κ2) is 5.13. The molecule has 20 heavy (non-hydrogen) atoms. The van der Waals surface area contributed by atoms with Crippen LogP contribution in [0.1, 0.15) is 24.6 Å². The number of aromatic nitrogens is 2. The zero-order chi connectivity index (χ0) is 14.1. The van der Waals surface area contributed by atoms with Gasteiger partial charge in [-0.15, -0.1) is 11.6 Å². The number of benzene rings is 1. The molecule has 3 rings (SSSR count). The van der Waals surface area contributed by atoms with Crippen LogP contribution in [0.4, 0.5) is 0 Å². The summed E-state index contributed by atoms with van der Waals surface area (Å²) < 4.78 is 6.98. The summed E-state index contributed by atoms with van der Waals surface area (Å²) >= 11 is 5.96. The molecule has 102 valence electrons. The van der Waals surface area contributed by atoms with Crippen molar-refractivity contribution in [2.24, 2.45) is 0 Å². The van der Waals surface area contributed by atoms with Crippen LogP contribution >= 0.6 is 11.6 Å². The average molecular weight is 289 g/mol. The molecule has 5 heteroatoms. The fraction of sp³-hybridized carbons (Fsp3) is 0.200. The van der Waals surface area contributed by atoms with Gasteiger partial charge in [-0.3, -0.25) is 9.36 Å². The topological polar surface area (TPSA) is 48.0 Å². The van der Waals surface area contributed by atoms with Crippen molar-refractivity contribution in [3.63, 3.8) is 0 Å². The summed E-state index contributed by atoms with van der Waals surface area (Å²) in [7, 11) is 0. The largest absolute Gasteiger partial charge is 0.467 e. The molecule has 0 N–H and O–H groups in total. The van der Waals surface area contributed by atoms with Crippen molar-refractivity contribution in [1.29, 1.82) is 0 Å². The van der Waals surface area contributed by atoms with Gasteiger partial charge in [-0.05, 0) is 31.2 Å². The fourth-order valence-corrected chi connectivity index (χ4v) is 2.53. The zero-order valence-corrected chi connectivity index (χ0v) is 11.7. The summed E-state index contributed by atoms with van der Waals surface area (Å²) in [6, 6.07) is 10.7. The van der Waals surface area contributed by atoms with Gasteiger partial charge in [0.15, 0.2) is 0 Å². The minimum Gasteiger partial charge on any atom is -0.467 e. The van der Waals surface area contributed by atoms with E-state index in [4.69, 9.17) is 16.0 Å². The number of hydrogen-bond acceptors (Lipinski definition) is 3. The molecule has 0 aliphatic heterocycles. The van der Waals surface area contributed by atoms with Crippen LogP contribution in [0.2, 0.25) is 0 Å². The Kier molecular flexibility index (Phi) is 3.32. The first-order valence-electron chi connectivity index (χ1n) is 6.32. The number of alkyl halides is 1. The number of furan rings is 1. The summed E-state index contributed by atoms with van der Waals surface area (Å²) in [5.41, 5.74) is 0.561. The molecule has 0 radical (unpaired) electrons. The van der Waals surface area contributed by atoms with E-state index in [1.54, 1.807) is 23.0 Å². The smallest absolute Gasteiger partial charge is 0.262 e. The van der Waals surface area contributed by atoms with E-state index in [1.807, 2.05) is 31.2 Å². The van der Waals surface area contributed by atoms with Crippen LogP contribution in [0.15, 0.2) is 51.9 Å². The van der Waals surface area contributed by atoms with Gasteiger partial charge in [0.25, 0.3) is 5.56 Å². The van der Waals surface area contributed by atoms with Crippen LogP contribution in [0.5, 0.6) is 0 Å². The molecule has 3 aromatic rings. The Bertz CT molecular complexity index is 793. The van der Waals surface area contributed by atoms with Crippen LogP contribution in [-0.4, -0.2) is 9.55 Å². The van der Waals surface area contributed by atoms with Crippen LogP contribution in [-0.2, 0) is 5.88 Å². The minimum absolute atomic E-state index is 0.102. The third-order valence-corrected chi connectivity index (χ3v) is 3.58. The Morgan fingerprint density at radius 1 is 1.30 bits per heavy atom. The fourth-order valence-electron chi connectivity index (χ4n) is 2.34. The third kappa shape index (κ3) is 2.02. The van der Waals surface area contributed by atoms with E-state index in [0.29, 0.717) is 22.5 Å². The number of halogens is 1. The summed E-state index contributed by atoms with van der Waals surface area (Å²) in [6.07, 6.45) is 1.59. The number of nitrogens with zero attached hydrogens (tertiary/aromatic N) is 2. The van der Waals surface area contributed by atoms with E-state index in [1.165, 1.54) is 0 Å². The lowest BCUT2D eigenvalue weighted by molar-refractivity contribution is 0.433. The molecule has 2 heterocycles. The van der Waals surface area contributed by atoms with Crippen LogP contribution in [0.25, 0.3) is 10.9 Å². The van der Waals surface area contributed by atoms with Gasteiger partial charge in [0, 0.05) is 0 Å². The van der Waals surface area contributed by atoms with E-state index >= 15 is 0 Å². The van der Waals surface area contributed by atoms with Crippen LogP contribution in [0, 0.1) is 0 Å². The Morgan fingerprint density at radius 2 is 2.10 bits per heavy atom. The standard InChI is InChI=1S/C15H13ClN2O2/c1-10(13-7-4-8-20-13)18-14(9-16)17-12-6-3-2-5-11(12)15(18)19/h2-8,10H,9H2,1H3. The maximum atomic E-state index is 12.7. The van der Waals surface area contributed by atoms with E-state index in [-0.39, 0.29) is 17.5 Å². The number of rotatable bonds is 3. The first kappa shape index (κ1) is 12.9. The summed E-state index contributed by atoms with van der Waals surface area (Å²) in [5, 5.41) is 0.583. The Morgan fingerprint density at radius 3 is 2.80 bits per heavy atom. The maximum absolute atomic E-state index is 12.7. The van der Waals surface area contributed by atoms with E-state index in [9.17, 15) is 4.79 Å². The summed E-state index contributed by atoms with van der Waals surface area (Å²) in [5.74, 6) is 1.42. The molecular formula is C15H13ClN2O2. The summed E-state index contributed by atoms with van der Waals surface area (Å²) in [4.78, 5) is 17.1. The van der Waals surface area contributed by atoms with Crippen molar-refractivity contribution in [2.75, 3.05) is 0 Å². The van der Waals surface area contributed by atoms with Crippen molar-refractivity contribution in [1.82, 2.24) is 9.55 Å². The lowest BCUT2D eigenvalue weighted by Crippen LogP contribution is -2.28. The van der Waals surface area contributed by atoms with Gasteiger partial charge in [-0.2, -0.15) is 0 Å². The molecule has 1 atom stereocenters. The third-order valence-electron chi connectivity index (χ3n) is 3.34. The van der Waals surface area contributed by atoms with Crippen molar-refractivity contribution >= 4 is 22.5 Å². The molecular weight excluding hydrogens is 276 g/mol. The quantitative estimate of drug-likeness (QED) is 0.695. The highest BCUT2D eigenvalue weighted by Crippen LogP contribution is 2.20. The van der Waals surface area contributed by atoms with Crippen molar-refractivity contribution in [3.05, 3.63) is 64.6 Å². The van der Waals surface area contributed by atoms with E-state index in [0.717, 1.165) is 0 Å². The van der Waals surface area contributed by atoms with Gasteiger partial charge >= 0.3 is 0 Å². The molecule has 0 spiro atoms. The van der Waals surface area contributed by atoms with Crippen LogP contribution in [0.3, 0.4) is 0 Å². The molecule has 0 fully saturated rings. The molecule has 0 bridgehead atoms. The molecule has 0 aliphatic carbocycles. The molecule has 0 amide bonds. The lowest BCUT2D eigenvalue weighted by Gasteiger charge is -2.17. The average Bonchev–Trinajstić information content (AvgIpc) is 3.00. The molecule has 0 aliphatic rings. The maximum Gasteiger partial charge on any atom is 0.262 e. The normalized spacial score (nSPS) is 12.7. The SMILES string of the molecule is CC(c1ccco1)n1c(CCl)nc2ccccc2c1=O. The molecule has 1 unspecified atom stereocenters. The monoisotopic (exact) mass is 288 g/mol. The van der Waals surface area contributed by atoms with Gasteiger partial charge in [-0.1, -0.05) is 12.1 Å². The first-order valence-corrected chi connectivity index (χ1v) is 6.85. The Hall–Kier alpha value is -2.07. The highest BCUT2D eigenvalue weighted by atomic mass is 35.5. The molecule has 4 nitrogen and oxygen atoms in total. The molecule has 2 aromatic heterocycles. The van der Waals surface area contributed by atoms with Crippen molar-refractivity contribution in [3.8, 4) is 0 Å². The van der Waals surface area contributed by atoms with E-state index < -0.39 is 0 Å². The van der Waals surface area contributed by atoms with Gasteiger partial charge in [0.05, 0.1) is 29.1 Å². The summed E-state index contributed by atoms with van der Waals surface area (Å²) in [6.45, 7) is 1.90. The predicted molar refractivity (Wildman–Crippen MR) is 78.1 cm³/mol. The van der Waals surface area contributed by atoms with Crippen molar-refractivity contribution in [2.45, 2.75) is 18.8 Å². The van der Waals surface area contributed by atoms with Crippen molar-refractivity contribution < 1.29 is 4.42 Å². The second-order valence-corrected chi connectivity index (χ2v) is 4.81. The predicted octanol–water partition coefficient (Wildman–Crippen LogP) is 3.34. The van der Waals surface area contributed by atoms with Gasteiger partial charge in [0.2, 0.25) is 0 Å². The zero-order valence-electron chi connectivity index (χ0n) is 10.9. The number of fused-ring (bicyclic) bond motifs is 1. The van der Waals surface area contributed by atoms with E-state index in [2.05, 4.69) is 4.98 Å². The highest BCUT2D eigenvalue weighted by Gasteiger charge is 2.18. The van der Waals surface area contributed by atoms with Gasteiger partial charge in [-0.25, -0.2) is 4.98 Å². The van der Waals surface area contributed by atoms with Gasteiger partial charge in [0.1, 0.15) is 11.6 Å². The van der Waals surface area contributed by atoms with Crippen LogP contribution < -0.4 is 5.56 Å².